The van der Waals surface area contributed by atoms with Crippen LogP contribution in [0.3, 0.4) is 0 Å². The van der Waals surface area contributed by atoms with Crippen molar-refractivity contribution in [2.75, 3.05) is 4.90 Å². The average Bonchev–Trinajstić information content (AvgIpc) is 3.15. The Morgan fingerprint density at radius 3 is 2.37 bits per heavy atom. The molecule has 0 unspecified atom stereocenters. The first-order chi connectivity index (χ1) is 13.1. The number of hydrogen-bond acceptors (Lipinski definition) is 5. The quantitative estimate of drug-likeness (QED) is 0.422. The van der Waals surface area contributed by atoms with E-state index in [1.165, 1.54) is 16.7 Å². The molecule has 7 heteroatoms. The second-order valence-corrected chi connectivity index (χ2v) is 8.45. The van der Waals surface area contributed by atoms with Gasteiger partial charge in [-0.3, -0.25) is 9.59 Å². The van der Waals surface area contributed by atoms with Crippen LogP contribution in [-0.4, -0.2) is 11.1 Å². The maximum atomic E-state index is 12.7. The van der Waals surface area contributed by atoms with Crippen molar-refractivity contribution in [1.82, 2.24) is 0 Å². The summed E-state index contributed by atoms with van der Waals surface area (Å²) >= 11 is 5.87. The number of carbonyl (C=O) groups excluding carboxylic acids is 2. The SMILES string of the molecule is O=C1S/C(=C/c2cc(Br)c(Sc3ccccc3)o2)C(=O)N1c1ccccc1. The number of amides is 2. The number of imide groups is 1. The van der Waals surface area contributed by atoms with E-state index in [-0.39, 0.29) is 11.1 Å². The normalized spacial score (nSPS) is 15.7. The minimum absolute atomic E-state index is 0.318. The minimum atomic E-state index is -0.346. The monoisotopic (exact) mass is 457 g/mol. The number of nitrogens with zero attached hydrogens (tertiary/aromatic N) is 1. The number of carbonyl (C=O) groups is 2. The maximum absolute atomic E-state index is 12.7. The van der Waals surface area contributed by atoms with Crippen LogP contribution in [0.5, 0.6) is 0 Å². The van der Waals surface area contributed by atoms with Crippen LogP contribution in [0.2, 0.25) is 0 Å². The van der Waals surface area contributed by atoms with Crippen molar-refractivity contribution in [1.29, 1.82) is 0 Å². The van der Waals surface area contributed by atoms with Gasteiger partial charge in [-0.05, 0) is 58.0 Å². The zero-order chi connectivity index (χ0) is 18.8. The van der Waals surface area contributed by atoms with E-state index in [0.717, 1.165) is 21.1 Å². The summed E-state index contributed by atoms with van der Waals surface area (Å²) in [5.41, 5.74) is 0.560. The molecule has 2 aromatic carbocycles. The summed E-state index contributed by atoms with van der Waals surface area (Å²) in [6.45, 7) is 0. The molecule has 1 aliphatic heterocycles. The molecule has 4 rings (SSSR count). The van der Waals surface area contributed by atoms with E-state index in [2.05, 4.69) is 15.9 Å². The van der Waals surface area contributed by atoms with E-state index >= 15 is 0 Å². The maximum Gasteiger partial charge on any atom is 0.298 e. The van der Waals surface area contributed by atoms with Crippen LogP contribution in [0.4, 0.5) is 10.5 Å². The molecule has 0 radical (unpaired) electrons. The van der Waals surface area contributed by atoms with Gasteiger partial charge in [0.05, 0.1) is 15.1 Å². The third kappa shape index (κ3) is 3.90. The molecule has 2 heterocycles. The van der Waals surface area contributed by atoms with Crippen molar-refractivity contribution in [3.05, 3.63) is 81.9 Å². The predicted octanol–water partition coefficient (Wildman–Crippen LogP) is 6.43. The van der Waals surface area contributed by atoms with Gasteiger partial charge < -0.3 is 4.42 Å². The Balaban J connectivity index is 1.58. The first kappa shape index (κ1) is 18.2. The Morgan fingerprint density at radius 1 is 1.00 bits per heavy atom. The van der Waals surface area contributed by atoms with Crippen LogP contribution in [0.15, 0.2) is 90.5 Å². The largest absolute Gasteiger partial charge is 0.449 e. The second kappa shape index (κ2) is 7.80. The number of thioether (sulfide) groups is 1. The molecular weight excluding hydrogens is 446 g/mol. The van der Waals surface area contributed by atoms with Crippen LogP contribution in [-0.2, 0) is 4.79 Å². The van der Waals surface area contributed by atoms with Gasteiger partial charge in [0, 0.05) is 11.0 Å². The van der Waals surface area contributed by atoms with Crippen LogP contribution < -0.4 is 4.90 Å². The molecule has 0 bridgehead atoms. The first-order valence-corrected chi connectivity index (χ1v) is 10.4. The molecule has 0 saturated carbocycles. The molecule has 0 atom stereocenters. The number of para-hydroxylation sites is 1. The molecule has 1 saturated heterocycles. The average molecular weight is 458 g/mol. The molecule has 4 nitrogen and oxygen atoms in total. The fourth-order valence-corrected chi connectivity index (χ4v) is 4.67. The predicted molar refractivity (Wildman–Crippen MR) is 112 cm³/mol. The minimum Gasteiger partial charge on any atom is -0.449 e. The Hall–Kier alpha value is -2.22. The Morgan fingerprint density at radius 2 is 1.67 bits per heavy atom. The van der Waals surface area contributed by atoms with E-state index < -0.39 is 0 Å². The number of halogens is 1. The van der Waals surface area contributed by atoms with Gasteiger partial charge in [-0.25, -0.2) is 4.90 Å². The molecule has 1 fully saturated rings. The van der Waals surface area contributed by atoms with Gasteiger partial charge in [-0.1, -0.05) is 48.2 Å². The third-order valence-corrected chi connectivity index (χ3v) is 6.43. The summed E-state index contributed by atoms with van der Waals surface area (Å²) in [5.74, 6) is 0.167. The fourth-order valence-electron chi connectivity index (χ4n) is 2.50. The van der Waals surface area contributed by atoms with Gasteiger partial charge in [0.25, 0.3) is 11.1 Å². The van der Waals surface area contributed by atoms with Crippen molar-refractivity contribution in [3.63, 3.8) is 0 Å². The van der Waals surface area contributed by atoms with Gasteiger partial charge in [0.2, 0.25) is 0 Å². The van der Waals surface area contributed by atoms with Crippen molar-refractivity contribution in [2.45, 2.75) is 9.99 Å². The fraction of sp³-hybridized carbons (Fsp3) is 0. The second-order valence-electron chi connectivity index (χ2n) is 5.55. The van der Waals surface area contributed by atoms with Crippen molar-refractivity contribution >= 4 is 62.4 Å². The van der Waals surface area contributed by atoms with E-state index in [4.69, 9.17) is 4.42 Å². The van der Waals surface area contributed by atoms with Crippen molar-refractivity contribution < 1.29 is 14.0 Å². The molecule has 0 aliphatic carbocycles. The molecule has 27 heavy (non-hydrogen) atoms. The topological polar surface area (TPSA) is 50.5 Å². The van der Waals surface area contributed by atoms with E-state index in [1.54, 1.807) is 36.4 Å². The number of benzene rings is 2. The molecule has 1 aliphatic rings. The van der Waals surface area contributed by atoms with Crippen LogP contribution in [0, 0.1) is 0 Å². The van der Waals surface area contributed by atoms with E-state index in [9.17, 15) is 9.59 Å². The standard InChI is InChI=1S/C20H12BrNO3S2/c21-16-11-14(25-19(16)26-15-9-5-2-6-10-15)12-17-18(23)22(20(24)27-17)13-7-3-1-4-8-13/h1-12H/b17-12+. The number of rotatable bonds is 4. The lowest BCUT2D eigenvalue weighted by Gasteiger charge is -2.11. The summed E-state index contributed by atoms with van der Waals surface area (Å²) < 4.78 is 6.65. The van der Waals surface area contributed by atoms with E-state index in [1.807, 2.05) is 36.4 Å². The Kier molecular flexibility index (Phi) is 5.24. The Labute approximate surface area is 172 Å². The smallest absolute Gasteiger partial charge is 0.298 e. The molecule has 134 valence electrons. The highest BCUT2D eigenvalue weighted by molar-refractivity contribution is 9.10. The zero-order valence-corrected chi connectivity index (χ0v) is 17.0. The van der Waals surface area contributed by atoms with Crippen LogP contribution >= 0.6 is 39.5 Å². The highest BCUT2D eigenvalue weighted by Crippen LogP contribution is 2.39. The molecular formula is C20H12BrNO3S2. The van der Waals surface area contributed by atoms with Gasteiger partial charge in [-0.15, -0.1) is 0 Å². The van der Waals surface area contributed by atoms with Crippen LogP contribution in [0.25, 0.3) is 6.08 Å². The van der Waals surface area contributed by atoms with Crippen molar-refractivity contribution in [3.8, 4) is 0 Å². The number of hydrogen-bond donors (Lipinski definition) is 0. The summed E-state index contributed by atoms with van der Waals surface area (Å²) in [7, 11) is 0. The zero-order valence-electron chi connectivity index (χ0n) is 13.8. The summed E-state index contributed by atoms with van der Waals surface area (Å²) in [5, 5.41) is 0.372. The number of anilines is 1. The first-order valence-electron chi connectivity index (χ1n) is 7.97. The lowest BCUT2D eigenvalue weighted by atomic mass is 10.3. The molecule has 3 aromatic rings. The summed E-state index contributed by atoms with van der Waals surface area (Å²) in [4.78, 5) is 27.5. The van der Waals surface area contributed by atoms with Crippen molar-refractivity contribution in [2.24, 2.45) is 0 Å². The third-order valence-electron chi connectivity index (χ3n) is 3.71. The highest BCUT2D eigenvalue weighted by atomic mass is 79.9. The summed E-state index contributed by atoms with van der Waals surface area (Å²) in [6.07, 6.45) is 1.60. The highest BCUT2D eigenvalue weighted by Gasteiger charge is 2.36. The van der Waals surface area contributed by atoms with E-state index in [0.29, 0.717) is 21.4 Å². The summed E-state index contributed by atoms with van der Waals surface area (Å²) in [6, 6.07) is 20.5. The van der Waals surface area contributed by atoms with Gasteiger partial charge in [-0.2, -0.15) is 0 Å². The van der Waals surface area contributed by atoms with Gasteiger partial charge in [0.15, 0.2) is 5.09 Å². The molecule has 1 aromatic heterocycles. The van der Waals surface area contributed by atoms with Gasteiger partial charge in [0.1, 0.15) is 5.76 Å². The number of furan rings is 1. The molecule has 0 spiro atoms. The lowest BCUT2D eigenvalue weighted by Crippen LogP contribution is -2.27. The van der Waals surface area contributed by atoms with Gasteiger partial charge >= 0.3 is 0 Å². The molecule has 2 amide bonds. The molecule has 0 N–H and O–H groups in total. The lowest BCUT2D eigenvalue weighted by molar-refractivity contribution is -0.113. The Bertz CT molecular complexity index is 1030. The van der Waals surface area contributed by atoms with Crippen LogP contribution in [0.1, 0.15) is 5.76 Å².